The fourth-order valence-electron chi connectivity index (χ4n) is 4.27. The van der Waals surface area contributed by atoms with E-state index >= 15 is 0 Å². The van der Waals surface area contributed by atoms with E-state index in [1.807, 2.05) is 6.92 Å². The molecular weight excluding hydrogens is 228 g/mol. The summed E-state index contributed by atoms with van der Waals surface area (Å²) in [5, 5.41) is 0. The van der Waals surface area contributed by atoms with E-state index < -0.39 is 5.79 Å². The van der Waals surface area contributed by atoms with Crippen LogP contribution < -0.4 is 0 Å². The van der Waals surface area contributed by atoms with Gasteiger partial charge in [-0.05, 0) is 44.9 Å². The smallest absolute Gasteiger partial charge is 0.165 e. The van der Waals surface area contributed by atoms with Gasteiger partial charge in [0.15, 0.2) is 5.79 Å². The van der Waals surface area contributed by atoms with E-state index in [9.17, 15) is 4.79 Å². The highest BCUT2D eigenvalue weighted by atomic mass is 16.7. The number of hydrogen-bond acceptors (Lipinski definition) is 3. The Morgan fingerprint density at radius 1 is 1.17 bits per heavy atom. The maximum atomic E-state index is 12.3. The van der Waals surface area contributed by atoms with Crippen molar-refractivity contribution >= 4 is 5.78 Å². The zero-order valence-electron chi connectivity index (χ0n) is 11.5. The third-order valence-corrected chi connectivity index (χ3v) is 5.49. The molecule has 0 N–H and O–H groups in total. The molecule has 1 heterocycles. The maximum absolute atomic E-state index is 12.3. The average molecular weight is 252 g/mol. The van der Waals surface area contributed by atoms with Crippen LogP contribution in [0.2, 0.25) is 0 Å². The van der Waals surface area contributed by atoms with Gasteiger partial charge in [-0.1, -0.05) is 6.92 Å². The van der Waals surface area contributed by atoms with Gasteiger partial charge in [-0.25, -0.2) is 0 Å². The molecule has 0 unspecified atom stereocenters. The second kappa shape index (κ2) is 4.31. The molecule has 3 heteroatoms. The van der Waals surface area contributed by atoms with Crippen molar-refractivity contribution in [3.8, 4) is 0 Å². The molecule has 1 aliphatic heterocycles. The van der Waals surface area contributed by atoms with Gasteiger partial charge in [0.05, 0.1) is 13.2 Å². The molecule has 18 heavy (non-hydrogen) atoms. The van der Waals surface area contributed by atoms with Gasteiger partial charge in [-0.3, -0.25) is 4.79 Å². The first-order valence-electron chi connectivity index (χ1n) is 7.36. The molecule has 2 saturated carbocycles. The van der Waals surface area contributed by atoms with Crippen molar-refractivity contribution in [3.63, 3.8) is 0 Å². The lowest BCUT2D eigenvalue weighted by atomic mass is 9.70. The molecule has 1 saturated heterocycles. The zero-order chi connectivity index (χ0) is 12.8. The number of hydrogen-bond donors (Lipinski definition) is 0. The van der Waals surface area contributed by atoms with E-state index in [-0.39, 0.29) is 5.41 Å². The van der Waals surface area contributed by atoms with Crippen LogP contribution in [0.3, 0.4) is 0 Å². The van der Waals surface area contributed by atoms with Gasteiger partial charge in [-0.15, -0.1) is 0 Å². The lowest BCUT2D eigenvalue weighted by molar-refractivity contribution is -0.150. The van der Waals surface area contributed by atoms with Crippen LogP contribution >= 0.6 is 0 Å². The van der Waals surface area contributed by atoms with Gasteiger partial charge in [0, 0.05) is 17.8 Å². The third-order valence-electron chi connectivity index (χ3n) is 5.49. The fourth-order valence-corrected chi connectivity index (χ4v) is 4.27. The van der Waals surface area contributed by atoms with E-state index in [1.54, 1.807) is 0 Å². The van der Waals surface area contributed by atoms with Crippen molar-refractivity contribution in [3.05, 3.63) is 0 Å². The molecule has 0 spiro atoms. The lowest BCUT2D eigenvalue weighted by Gasteiger charge is -2.33. The predicted octanol–water partition coefficient (Wildman–Crippen LogP) is 2.93. The number of rotatable bonds is 4. The Morgan fingerprint density at radius 2 is 1.89 bits per heavy atom. The van der Waals surface area contributed by atoms with E-state index in [1.165, 1.54) is 6.42 Å². The highest BCUT2D eigenvalue weighted by Gasteiger charge is 2.54. The molecule has 2 bridgehead atoms. The highest BCUT2D eigenvalue weighted by Crippen LogP contribution is 2.55. The van der Waals surface area contributed by atoms with Crippen molar-refractivity contribution in [2.24, 2.45) is 17.3 Å². The summed E-state index contributed by atoms with van der Waals surface area (Å²) >= 11 is 0. The van der Waals surface area contributed by atoms with Gasteiger partial charge < -0.3 is 9.47 Å². The van der Waals surface area contributed by atoms with Crippen molar-refractivity contribution < 1.29 is 14.3 Å². The quantitative estimate of drug-likeness (QED) is 0.771. The second-order valence-electron chi connectivity index (χ2n) is 6.67. The van der Waals surface area contributed by atoms with Crippen LogP contribution in [-0.2, 0) is 14.3 Å². The summed E-state index contributed by atoms with van der Waals surface area (Å²) in [5.41, 5.74) is -0.0438. The molecule has 3 rings (SSSR count). The van der Waals surface area contributed by atoms with E-state index in [0.29, 0.717) is 30.8 Å². The lowest BCUT2D eigenvalue weighted by Crippen LogP contribution is -2.34. The van der Waals surface area contributed by atoms with Crippen LogP contribution in [0.4, 0.5) is 0 Å². The van der Waals surface area contributed by atoms with Crippen LogP contribution in [0.25, 0.3) is 0 Å². The number of ketones is 1. The first kappa shape index (κ1) is 12.6. The van der Waals surface area contributed by atoms with Gasteiger partial charge >= 0.3 is 0 Å². The predicted molar refractivity (Wildman–Crippen MR) is 68.1 cm³/mol. The number of Topliss-reactive ketones (excluding diaryl/α,β-unsaturated/α-hetero) is 1. The molecule has 3 atom stereocenters. The van der Waals surface area contributed by atoms with Crippen LogP contribution in [-0.4, -0.2) is 24.8 Å². The van der Waals surface area contributed by atoms with Crippen molar-refractivity contribution in [2.45, 2.75) is 58.2 Å². The van der Waals surface area contributed by atoms with E-state index in [2.05, 4.69) is 6.92 Å². The Kier molecular flexibility index (Phi) is 3.02. The molecular formula is C15H24O3. The summed E-state index contributed by atoms with van der Waals surface area (Å²) in [7, 11) is 0. The van der Waals surface area contributed by atoms with Crippen molar-refractivity contribution in [1.82, 2.24) is 0 Å². The molecule has 0 amide bonds. The normalized spacial score (nSPS) is 41.8. The third kappa shape index (κ3) is 1.92. The summed E-state index contributed by atoms with van der Waals surface area (Å²) in [6.07, 6.45) is 6.50. The Morgan fingerprint density at radius 3 is 2.50 bits per heavy atom. The minimum Gasteiger partial charge on any atom is -0.348 e. The number of carbonyl (C=O) groups is 1. The average Bonchev–Trinajstić information content (AvgIpc) is 3.00. The topological polar surface area (TPSA) is 35.5 Å². The Hall–Kier alpha value is -0.410. The SMILES string of the molecule is CC1(CCC[C@@]2(C)C(=O)[C@@H]3CC[C@H]2C3)OCCO1. The first-order valence-corrected chi connectivity index (χ1v) is 7.36. The first-order chi connectivity index (χ1) is 8.54. The van der Waals surface area contributed by atoms with E-state index in [0.717, 1.165) is 32.1 Å². The molecule has 0 aromatic carbocycles. The minimum absolute atomic E-state index is 0.0438. The largest absolute Gasteiger partial charge is 0.348 e. The van der Waals surface area contributed by atoms with Crippen molar-refractivity contribution in [2.75, 3.05) is 13.2 Å². The fraction of sp³-hybridized carbons (Fsp3) is 0.933. The summed E-state index contributed by atoms with van der Waals surface area (Å²) in [6.45, 7) is 5.62. The molecule has 0 aromatic heterocycles. The molecule has 0 radical (unpaired) electrons. The van der Waals surface area contributed by atoms with Gasteiger partial charge in [0.25, 0.3) is 0 Å². The number of fused-ring (bicyclic) bond motifs is 2. The number of ether oxygens (including phenoxy) is 2. The molecule has 3 fully saturated rings. The molecule has 3 nitrogen and oxygen atoms in total. The van der Waals surface area contributed by atoms with Crippen molar-refractivity contribution in [1.29, 1.82) is 0 Å². The monoisotopic (exact) mass is 252 g/mol. The second-order valence-corrected chi connectivity index (χ2v) is 6.67. The van der Waals surface area contributed by atoms with Crippen LogP contribution in [0.5, 0.6) is 0 Å². The van der Waals surface area contributed by atoms with Gasteiger partial charge in [0.1, 0.15) is 5.78 Å². The Labute approximate surface area is 109 Å². The molecule has 2 aliphatic carbocycles. The van der Waals surface area contributed by atoms with E-state index in [4.69, 9.17) is 9.47 Å². The van der Waals surface area contributed by atoms with Crippen LogP contribution in [0.1, 0.15) is 52.4 Å². The molecule has 3 aliphatic rings. The Bertz CT molecular complexity index is 346. The number of carbonyl (C=O) groups excluding carboxylic acids is 1. The summed E-state index contributed by atoms with van der Waals surface area (Å²) in [6, 6.07) is 0. The highest BCUT2D eigenvalue weighted by molar-refractivity contribution is 5.90. The molecule has 0 aromatic rings. The maximum Gasteiger partial charge on any atom is 0.165 e. The molecule has 102 valence electrons. The van der Waals surface area contributed by atoms with Crippen LogP contribution in [0.15, 0.2) is 0 Å². The summed E-state index contributed by atoms with van der Waals surface area (Å²) in [4.78, 5) is 12.3. The zero-order valence-corrected chi connectivity index (χ0v) is 11.5. The summed E-state index contributed by atoms with van der Waals surface area (Å²) in [5.74, 6) is 1.18. The van der Waals surface area contributed by atoms with Gasteiger partial charge in [-0.2, -0.15) is 0 Å². The van der Waals surface area contributed by atoms with Crippen LogP contribution in [0, 0.1) is 17.3 Å². The Balaban J connectivity index is 1.55. The standard InChI is InChI=1S/C15H24O3/c1-14(12-5-4-11(10-12)13(14)16)6-3-7-15(2)17-8-9-18-15/h11-12H,3-10H2,1-2H3/t11-,12+,14-/m1/s1. The minimum atomic E-state index is -0.392. The summed E-state index contributed by atoms with van der Waals surface area (Å²) < 4.78 is 11.2. The van der Waals surface area contributed by atoms with Gasteiger partial charge in [0.2, 0.25) is 0 Å².